The Hall–Kier alpha value is -2.68. The van der Waals surface area contributed by atoms with Gasteiger partial charge in [0.1, 0.15) is 0 Å². The third-order valence-corrected chi connectivity index (χ3v) is 5.01. The highest BCUT2D eigenvalue weighted by molar-refractivity contribution is 6.14. The lowest BCUT2D eigenvalue weighted by Crippen LogP contribution is -2.36. The summed E-state index contributed by atoms with van der Waals surface area (Å²) in [4.78, 5) is 20.0. The number of rotatable bonds is 1. The number of carbonyl (C=O) groups excluding carboxylic acids is 1. The molecule has 1 aliphatic rings. The van der Waals surface area contributed by atoms with Crippen molar-refractivity contribution in [2.24, 2.45) is 0 Å². The van der Waals surface area contributed by atoms with Crippen LogP contribution >= 0.6 is 0 Å². The van der Waals surface area contributed by atoms with Crippen molar-refractivity contribution in [3.8, 4) is 0 Å². The Balaban J connectivity index is 1.87. The molecule has 0 spiro atoms. The Morgan fingerprint density at radius 1 is 1.08 bits per heavy atom. The van der Waals surface area contributed by atoms with Crippen molar-refractivity contribution in [3.63, 3.8) is 0 Å². The molecule has 3 aromatic rings. The molecular weight excluding hydrogens is 308 g/mol. The molecule has 2 aromatic carbocycles. The smallest absolute Gasteiger partial charge is 0.259 e. The van der Waals surface area contributed by atoms with Crippen LogP contribution in [0.25, 0.3) is 10.9 Å². The maximum Gasteiger partial charge on any atom is 0.259 e. The van der Waals surface area contributed by atoms with Gasteiger partial charge in [-0.3, -0.25) is 9.78 Å². The first-order valence-electron chi connectivity index (χ1n) is 8.83. The third-order valence-electron chi connectivity index (χ3n) is 5.01. The minimum absolute atomic E-state index is 0.0765. The fourth-order valence-electron chi connectivity index (χ4n) is 3.92. The van der Waals surface area contributed by atoms with Gasteiger partial charge in [-0.05, 0) is 68.5 Å². The van der Waals surface area contributed by atoms with E-state index in [9.17, 15) is 4.79 Å². The highest BCUT2D eigenvalue weighted by Gasteiger charge is 2.26. The summed E-state index contributed by atoms with van der Waals surface area (Å²) in [6.07, 6.45) is 2.05. The summed E-state index contributed by atoms with van der Waals surface area (Å²) in [5, 5.41) is 0.926. The van der Waals surface area contributed by atoms with Crippen molar-refractivity contribution in [3.05, 3.63) is 70.4 Å². The molecule has 0 bridgehead atoms. The molecule has 0 aliphatic carbocycles. The van der Waals surface area contributed by atoms with Gasteiger partial charge >= 0.3 is 0 Å². The molecule has 3 heteroatoms. The lowest BCUT2D eigenvalue weighted by molar-refractivity contribution is 0.0986. The Morgan fingerprint density at radius 2 is 1.88 bits per heavy atom. The molecule has 1 aromatic heterocycles. The molecule has 4 rings (SSSR count). The molecule has 0 fully saturated rings. The van der Waals surface area contributed by atoms with Gasteiger partial charge < -0.3 is 4.90 Å². The highest BCUT2D eigenvalue weighted by atomic mass is 16.2. The van der Waals surface area contributed by atoms with Gasteiger partial charge in [0.2, 0.25) is 0 Å². The second kappa shape index (κ2) is 5.99. The van der Waals surface area contributed by atoms with Crippen molar-refractivity contribution in [2.45, 2.75) is 33.6 Å². The monoisotopic (exact) mass is 330 g/mol. The van der Waals surface area contributed by atoms with Gasteiger partial charge in [-0.1, -0.05) is 24.3 Å². The van der Waals surface area contributed by atoms with Crippen molar-refractivity contribution in [1.82, 2.24) is 4.98 Å². The zero-order valence-electron chi connectivity index (χ0n) is 15.0. The molecule has 0 radical (unpaired) electrons. The summed E-state index contributed by atoms with van der Waals surface area (Å²) in [6, 6.07) is 14.2. The van der Waals surface area contributed by atoms with Crippen molar-refractivity contribution < 1.29 is 4.79 Å². The van der Waals surface area contributed by atoms with Gasteiger partial charge in [-0.15, -0.1) is 0 Å². The van der Waals surface area contributed by atoms with Crippen LogP contribution in [0.2, 0.25) is 0 Å². The van der Waals surface area contributed by atoms with E-state index >= 15 is 0 Å². The van der Waals surface area contributed by atoms with E-state index in [1.165, 1.54) is 16.7 Å². The number of anilines is 1. The molecule has 0 N–H and O–H groups in total. The zero-order valence-corrected chi connectivity index (χ0v) is 15.0. The van der Waals surface area contributed by atoms with Crippen molar-refractivity contribution >= 4 is 22.5 Å². The molecule has 0 saturated carbocycles. The number of hydrogen-bond donors (Lipinski definition) is 0. The molecule has 3 nitrogen and oxygen atoms in total. The maximum atomic E-state index is 13.4. The highest BCUT2D eigenvalue weighted by Crippen LogP contribution is 2.33. The molecule has 0 atom stereocenters. The number of aryl methyl sites for hydroxylation is 3. The summed E-state index contributed by atoms with van der Waals surface area (Å²) in [5.74, 6) is 0.0765. The zero-order chi connectivity index (χ0) is 17.6. The first-order valence-corrected chi connectivity index (χ1v) is 8.83. The largest absolute Gasteiger partial charge is 0.308 e. The van der Waals surface area contributed by atoms with Crippen LogP contribution < -0.4 is 4.90 Å². The van der Waals surface area contributed by atoms with Gasteiger partial charge in [0, 0.05) is 23.3 Å². The van der Waals surface area contributed by atoms with Crippen LogP contribution in [0.3, 0.4) is 0 Å². The molecule has 126 valence electrons. The van der Waals surface area contributed by atoms with Crippen LogP contribution in [-0.4, -0.2) is 17.4 Å². The van der Waals surface area contributed by atoms with Gasteiger partial charge in [0.15, 0.2) is 0 Å². The number of nitrogens with zero attached hydrogens (tertiary/aromatic N) is 2. The predicted molar refractivity (Wildman–Crippen MR) is 102 cm³/mol. The van der Waals surface area contributed by atoms with Crippen LogP contribution in [-0.2, 0) is 6.42 Å². The number of carbonyl (C=O) groups is 1. The Bertz CT molecular complexity index is 991. The van der Waals surface area contributed by atoms with E-state index in [0.29, 0.717) is 0 Å². The fourth-order valence-corrected chi connectivity index (χ4v) is 3.92. The second-order valence-corrected chi connectivity index (χ2v) is 6.97. The fraction of sp³-hybridized carbons (Fsp3) is 0.273. The SMILES string of the molecule is Cc1cc(C)c2c(c1)N(C(=O)c1cc(C)nc3ccccc13)CCC2. The van der Waals surface area contributed by atoms with E-state index in [-0.39, 0.29) is 5.91 Å². The van der Waals surface area contributed by atoms with E-state index < -0.39 is 0 Å². The maximum absolute atomic E-state index is 13.4. The summed E-state index contributed by atoms with van der Waals surface area (Å²) in [7, 11) is 0. The second-order valence-electron chi connectivity index (χ2n) is 6.97. The number of amides is 1. The Morgan fingerprint density at radius 3 is 2.72 bits per heavy atom. The molecule has 0 saturated heterocycles. The van der Waals surface area contributed by atoms with E-state index in [1.807, 2.05) is 42.2 Å². The Kier molecular flexibility index (Phi) is 3.79. The average molecular weight is 330 g/mol. The number of pyridine rings is 1. The van der Waals surface area contributed by atoms with Crippen LogP contribution in [0.4, 0.5) is 5.69 Å². The quantitative estimate of drug-likeness (QED) is 0.645. The van der Waals surface area contributed by atoms with Gasteiger partial charge in [0.25, 0.3) is 5.91 Å². The normalized spacial score (nSPS) is 13.8. The number of benzene rings is 2. The third kappa shape index (κ3) is 2.70. The average Bonchev–Trinajstić information content (AvgIpc) is 2.60. The first kappa shape index (κ1) is 15.8. The Labute approximate surface area is 148 Å². The van der Waals surface area contributed by atoms with Gasteiger partial charge in [-0.2, -0.15) is 0 Å². The molecule has 25 heavy (non-hydrogen) atoms. The van der Waals surface area contributed by atoms with Crippen molar-refractivity contribution in [1.29, 1.82) is 0 Å². The van der Waals surface area contributed by atoms with Gasteiger partial charge in [-0.25, -0.2) is 0 Å². The van der Waals surface area contributed by atoms with Crippen LogP contribution in [0.5, 0.6) is 0 Å². The van der Waals surface area contributed by atoms with Gasteiger partial charge in [0.05, 0.1) is 11.1 Å². The first-order chi connectivity index (χ1) is 12.0. The summed E-state index contributed by atoms with van der Waals surface area (Å²) in [5.41, 5.74) is 7.36. The van der Waals surface area contributed by atoms with Crippen LogP contribution in [0.15, 0.2) is 42.5 Å². The van der Waals surface area contributed by atoms with Crippen LogP contribution in [0, 0.1) is 20.8 Å². The lowest BCUT2D eigenvalue weighted by atomic mass is 9.94. The van der Waals surface area contributed by atoms with Crippen LogP contribution in [0.1, 0.15) is 39.2 Å². The molecule has 1 amide bonds. The lowest BCUT2D eigenvalue weighted by Gasteiger charge is -2.31. The standard InChI is InChI=1S/C22H22N2O/c1-14-11-15(2)17-8-6-10-24(21(17)12-14)22(25)19-13-16(3)23-20-9-5-4-7-18(19)20/h4-5,7,9,11-13H,6,8,10H2,1-3H3. The summed E-state index contributed by atoms with van der Waals surface area (Å²) in [6.45, 7) is 6.95. The predicted octanol–water partition coefficient (Wildman–Crippen LogP) is 4.75. The number of fused-ring (bicyclic) bond motifs is 2. The number of para-hydroxylation sites is 1. The topological polar surface area (TPSA) is 33.2 Å². The minimum Gasteiger partial charge on any atom is -0.308 e. The van der Waals surface area contributed by atoms with E-state index in [0.717, 1.165) is 47.2 Å². The van der Waals surface area contributed by atoms with Crippen molar-refractivity contribution in [2.75, 3.05) is 11.4 Å². The number of hydrogen-bond acceptors (Lipinski definition) is 2. The molecule has 2 heterocycles. The molecule has 0 unspecified atom stereocenters. The summed E-state index contributed by atoms with van der Waals surface area (Å²) < 4.78 is 0. The van der Waals surface area contributed by atoms with E-state index in [4.69, 9.17) is 0 Å². The van der Waals surface area contributed by atoms with E-state index in [2.05, 4.69) is 31.0 Å². The number of aromatic nitrogens is 1. The van der Waals surface area contributed by atoms with E-state index in [1.54, 1.807) is 0 Å². The minimum atomic E-state index is 0.0765. The summed E-state index contributed by atoms with van der Waals surface area (Å²) >= 11 is 0. The molecular formula is C22H22N2O. The molecule has 1 aliphatic heterocycles.